The van der Waals surface area contributed by atoms with Gasteiger partial charge in [0, 0.05) is 34.8 Å². The molecule has 2 aromatic heterocycles. The van der Waals surface area contributed by atoms with E-state index in [1.54, 1.807) is 6.33 Å². The number of rotatable bonds is 2. The molecule has 0 aromatic carbocycles. The lowest BCUT2D eigenvalue weighted by Crippen LogP contribution is -2.23. The Bertz CT molecular complexity index is 494. The van der Waals surface area contributed by atoms with E-state index >= 15 is 0 Å². The quantitative estimate of drug-likeness (QED) is 0.885. The average molecular weight is 245 g/mol. The van der Waals surface area contributed by atoms with E-state index in [1.807, 2.05) is 23.7 Å². The summed E-state index contributed by atoms with van der Waals surface area (Å²) in [5.74, 6) is 0.427. The van der Waals surface area contributed by atoms with E-state index in [0.29, 0.717) is 5.92 Å². The highest BCUT2D eigenvalue weighted by Crippen LogP contribution is 2.40. The first-order valence-corrected chi connectivity index (χ1v) is 6.81. The van der Waals surface area contributed by atoms with Gasteiger partial charge in [0.2, 0.25) is 0 Å². The largest absolute Gasteiger partial charge is 0.323 e. The van der Waals surface area contributed by atoms with Gasteiger partial charge in [-0.15, -0.1) is 11.3 Å². The molecule has 2 N–H and O–H groups in total. The molecule has 2 atom stereocenters. The number of hydrogen-bond donors (Lipinski definition) is 1. The molecule has 0 bridgehead atoms. The number of aryl methyl sites for hydroxylation is 1. The minimum Gasteiger partial charge on any atom is -0.323 e. The molecule has 4 heteroatoms. The molecule has 17 heavy (non-hydrogen) atoms. The predicted octanol–water partition coefficient (Wildman–Crippen LogP) is 2.66. The van der Waals surface area contributed by atoms with E-state index in [9.17, 15) is 0 Å². The van der Waals surface area contributed by atoms with Gasteiger partial charge in [0.15, 0.2) is 0 Å². The summed E-state index contributed by atoms with van der Waals surface area (Å²) in [6.07, 6.45) is 8.82. The van der Waals surface area contributed by atoms with Crippen LogP contribution in [-0.2, 0) is 6.42 Å². The molecule has 1 aliphatic rings. The number of nitrogens with zero attached hydrogens (tertiary/aromatic N) is 2. The molecular weight excluding hydrogens is 230 g/mol. The van der Waals surface area contributed by atoms with E-state index in [2.05, 4.69) is 21.4 Å². The molecule has 0 aliphatic heterocycles. The van der Waals surface area contributed by atoms with Gasteiger partial charge < -0.3 is 5.73 Å². The standard InChI is InChI=1S/C13H15N3S/c14-13(9-6-15-8-16-7-9)11-2-1-3-12-10(11)4-5-17-12/h4-8,11,13H,1-3,14H2. The second-order valence-electron chi connectivity index (χ2n) is 4.50. The zero-order valence-electron chi connectivity index (χ0n) is 9.54. The Kier molecular flexibility index (Phi) is 2.91. The molecule has 1 aliphatic carbocycles. The van der Waals surface area contributed by atoms with Gasteiger partial charge in [-0.2, -0.15) is 0 Å². The van der Waals surface area contributed by atoms with E-state index < -0.39 is 0 Å². The van der Waals surface area contributed by atoms with Crippen LogP contribution >= 0.6 is 11.3 Å². The van der Waals surface area contributed by atoms with Crippen molar-refractivity contribution in [2.45, 2.75) is 31.2 Å². The Labute approximate surface area is 105 Å². The molecule has 2 unspecified atom stereocenters. The summed E-state index contributed by atoms with van der Waals surface area (Å²) in [7, 11) is 0. The van der Waals surface area contributed by atoms with Crippen LogP contribution in [0.25, 0.3) is 0 Å². The van der Waals surface area contributed by atoms with Crippen molar-refractivity contribution >= 4 is 11.3 Å². The third-order valence-corrected chi connectivity index (χ3v) is 4.49. The average Bonchev–Trinajstić information content (AvgIpc) is 2.87. The lowest BCUT2D eigenvalue weighted by molar-refractivity contribution is 0.477. The summed E-state index contributed by atoms with van der Waals surface area (Å²) in [4.78, 5) is 9.62. The molecule has 0 radical (unpaired) electrons. The van der Waals surface area contributed by atoms with Gasteiger partial charge in [0.25, 0.3) is 0 Å². The molecular formula is C13H15N3S. The number of aromatic nitrogens is 2. The van der Waals surface area contributed by atoms with E-state index in [4.69, 9.17) is 5.73 Å². The SMILES string of the molecule is NC(c1cncnc1)C1CCCc2sccc21. The lowest BCUT2D eigenvalue weighted by atomic mass is 9.81. The first-order valence-electron chi connectivity index (χ1n) is 5.93. The molecule has 0 fully saturated rings. The van der Waals surface area contributed by atoms with Crippen molar-refractivity contribution in [2.24, 2.45) is 5.73 Å². The fourth-order valence-corrected chi connectivity index (χ4v) is 3.61. The molecule has 2 heterocycles. The third kappa shape index (κ3) is 1.98. The summed E-state index contributed by atoms with van der Waals surface area (Å²) in [5, 5.41) is 2.18. The third-order valence-electron chi connectivity index (χ3n) is 3.50. The maximum Gasteiger partial charge on any atom is 0.115 e. The van der Waals surface area contributed by atoms with Crippen LogP contribution in [-0.4, -0.2) is 9.97 Å². The summed E-state index contributed by atoms with van der Waals surface area (Å²) >= 11 is 1.85. The minimum atomic E-state index is 0.0184. The predicted molar refractivity (Wildman–Crippen MR) is 69.0 cm³/mol. The van der Waals surface area contributed by atoms with Crippen LogP contribution in [0.4, 0.5) is 0 Å². The molecule has 0 spiro atoms. The Morgan fingerprint density at radius 3 is 3.00 bits per heavy atom. The Hall–Kier alpha value is -1.26. The highest BCUT2D eigenvalue weighted by Gasteiger charge is 2.27. The van der Waals surface area contributed by atoms with Gasteiger partial charge in [-0.05, 0) is 36.3 Å². The molecule has 3 nitrogen and oxygen atoms in total. The minimum absolute atomic E-state index is 0.0184. The van der Waals surface area contributed by atoms with Gasteiger partial charge in [-0.1, -0.05) is 0 Å². The lowest BCUT2D eigenvalue weighted by Gasteiger charge is -2.28. The first-order chi connectivity index (χ1) is 8.36. The first kappa shape index (κ1) is 10.9. The molecule has 0 saturated heterocycles. The molecule has 0 saturated carbocycles. The second-order valence-corrected chi connectivity index (χ2v) is 5.50. The van der Waals surface area contributed by atoms with Gasteiger partial charge in [0.1, 0.15) is 6.33 Å². The summed E-state index contributed by atoms with van der Waals surface area (Å²) in [6, 6.07) is 2.25. The summed E-state index contributed by atoms with van der Waals surface area (Å²) in [5.41, 5.74) is 8.85. The Balaban J connectivity index is 1.92. The fraction of sp³-hybridized carbons (Fsp3) is 0.385. The number of nitrogens with two attached hydrogens (primary N) is 1. The number of hydrogen-bond acceptors (Lipinski definition) is 4. The van der Waals surface area contributed by atoms with Crippen LogP contribution in [0.3, 0.4) is 0 Å². The van der Waals surface area contributed by atoms with E-state index in [1.165, 1.54) is 29.7 Å². The molecule has 0 amide bonds. The van der Waals surface area contributed by atoms with Crippen molar-refractivity contribution in [2.75, 3.05) is 0 Å². The summed E-state index contributed by atoms with van der Waals surface area (Å²) < 4.78 is 0. The monoisotopic (exact) mass is 245 g/mol. The van der Waals surface area contributed by atoms with Gasteiger partial charge in [-0.3, -0.25) is 0 Å². The van der Waals surface area contributed by atoms with E-state index in [0.717, 1.165) is 5.56 Å². The summed E-state index contributed by atoms with van der Waals surface area (Å²) in [6.45, 7) is 0. The van der Waals surface area contributed by atoms with Crippen molar-refractivity contribution in [1.82, 2.24) is 9.97 Å². The smallest absolute Gasteiger partial charge is 0.115 e. The maximum absolute atomic E-state index is 6.37. The van der Waals surface area contributed by atoms with Gasteiger partial charge >= 0.3 is 0 Å². The van der Waals surface area contributed by atoms with Gasteiger partial charge in [0.05, 0.1) is 0 Å². The molecule has 2 aromatic rings. The normalized spacial score (nSPS) is 20.9. The van der Waals surface area contributed by atoms with Crippen LogP contribution in [0, 0.1) is 0 Å². The van der Waals surface area contributed by atoms with Crippen LogP contribution in [0.5, 0.6) is 0 Å². The number of thiophene rings is 1. The highest BCUT2D eigenvalue weighted by molar-refractivity contribution is 7.10. The van der Waals surface area contributed by atoms with Crippen LogP contribution in [0.2, 0.25) is 0 Å². The highest BCUT2D eigenvalue weighted by atomic mass is 32.1. The van der Waals surface area contributed by atoms with Crippen molar-refractivity contribution in [3.05, 3.63) is 46.2 Å². The van der Waals surface area contributed by atoms with Crippen LogP contribution < -0.4 is 5.73 Å². The number of fused-ring (bicyclic) bond motifs is 1. The van der Waals surface area contributed by atoms with Crippen LogP contribution in [0.1, 0.15) is 40.8 Å². The zero-order chi connectivity index (χ0) is 11.7. The maximum atomic E-state index is 6.37. The van der Waals surface area contributed by atoms with Crippen LogP contribution in [0.15, 0.2) is 30.2 Å². The topological polar surface area (TPSA) is 51.8 Å². The van der Waals surface area contributed by atoms with E-state index in [-0.39, 0.29) is 6.04 Å². The zero-order valence-corrected chi connectivity index (χ0v) is 10.4. The van der Waals surface area contributed by atoms with Crippen molar-refractivity contribution in [1.29, 1.82) is 0 Å². The Morgan fingerprint density at radius 1 is 1.35 bits per heavy atom. The van der Waals surface area contributed by atoms with Crippen molar-refractivity contribution in [3.8, 4) is 0 Å². The Morgan fingerprint density at radius 2 is 2.18 bits per heavy atom. The second kappa shape index (κ2) is 4.55. The molecule has 3 rings (SSSR count). The van der Waals surface area contributed by atoms with Crippen molar-refractivity contribution < 1.29 is 0 Å². The molecule has 88 valence electrons. The fourth-order valence-electron chi connectivity index (χ4n) is 2.61. The van der Waals surface area contributed by atoms with Crippen molar-refractivity contribution in [3.63, 3.8) is 0 Å². The van der Waals surface area contributed by atoms with Gasteiger partial charge in [-0.25, -0.2) is 9.97 Å².